The first-order valence-corrected chi connectivity index (χ1v) is 9.72. The molecule has 0 bridgehead atoms. The summed E-state index contributed by atoms with van der Waals surface area (Å²) in [5, 5.41) is -1.63. The normalized spacial score (nSPS) is 17.1. The smallest absolute Gasteiger partial charge is 0.340 e. The van der Waals surface area contributed by atoms with Gasteiger partial charge >= 0.3 is 7.60 Å². The summed E-state index contributed by atoms with van der Waals surface area (Å²) >= 11 is 0. The predicted molar refractivity (Wildman–Crippen MR) is 76.1 cm³/mol. The number of hydrogen-bond donors (Lipinski definition) is 3. The van der Waals surface area contributed by atoms with Gasteiger partial charge in [-0.3, -0.25) is 9.13 Å². The summed E-state index contributed by atoms with van der Waals surface area (Å²) in [5.74, 6) is 0. The van der Waals surface area contributed by atoms with Gasteiger partial charge in [-0.2, -0.15) is 0 Å². The first-order chi connectivity index (χ1) is 9.10. The number of para-hydroxylation sites is 1. The average Bonchev–Trinajstić information content (AvgIpc) is 2.67. The molecule has 0 aliphatic heterocycles. The van der Waals surface area contributed by atoms with E-state index in [4.69, 9.17) is 0 Å². The Morgan fingerprint density at radius 2 is 1.95 bits per heavy atom. The van der Waals surface area contributed by atoms with Crippen molar-refractivity contribution in [2.24, 2.45) is 0 Å². The molecular formula is C11H16N2O5P2. The van der Waals surface area contributed by atoms with Crippen molar-refractivity contribution in [3.8, 4) is 0 Å². The van der Waals surface area contributed by atoms with Crippen LogP contribution in [0.25, 0.3) is 11.0 Å². The Bertz CT molecular complexity index is 707. The molecule has 9 heteroatoms. The molecule has 0 aliphatic carbocycles. The quantitative estimate of drug-likeness (QED) is 0.740. The fourth-order valence-electron chi connectivity index (χ4n) is 2.09. The van der Waals surface area contributed by atoms with E-state index in [0.717, 1.165) is 12.2 Å². The van der Waals surface area contributed by atoms with Gasteiger partial charge in [-0.15, -0.1) is 0 Å². The van der Waals surface area contributed by atoms with Gasteiger partial charge < -0.3 is 19.2 Å². The Labute approximate surface area is 115 Å². The van der Waals surface area contributed by atoms with Crippen LogP contribution in [0.1, 0.15) is 5.56 Å². The van der Waals surface area contributed by atoms with Crippen molar-refractivity contribution < 1.29 is 23.8 Å². The fourth-order valence-corrected chi connectivity index (χ4v) is 5.19. The maximum atomic E-state index is 11.7. The lowest BCUT2D eigenvalue weighted by molar-refractivity contribution is 0.358. The second kappa shape index (κ2) is 5.10. The minimum atomic E-state index is -4.69. The molecule has 110 valence electrons. The monoisotopic (exact) mass is 318 g/mol. The average molecular weight is 318 g/mol. The lowest BCUT2D eigenvalue weighted by Crippen LogP contribution is -2.16. The zero-order valence-electron chi connectivity index (χ0n) is 11.0. The topological polar surface area (TPSA) is 113 Å². The molecule has 2 atom stereocenters. The van der Waals surface area contributed by atoms with Gasteiger partial charge in [0, 0.05) is 13.2 Å². The molecule has 2 aromatic rings. The summed E-state index contributed by atoms with van der Waals surface area (Å²) in [6.45, 7) is 2.58. The number of nitrogens with zero attached hydrogens (tertiary/aromatic N) is 2. The molecule has 1 heterocycles. The van der Waals surface area contributed by atoms with Crippen LogP contribution >= 0.6 is 15.0 Å². The third-order valence-electron chi connectivity index (χ3n) is 3.15. The van der Waals surface area contributed by atoms with Crippen molar-refractivity contribution in [3.63, 3.8) is 0 Å². The minimum Gasteiger partial charge on any atom is -0.344 e. The standard InChI is InChI=1S/C11H16N2O5P2/c1-8-4-3-5-9-11(8)12-7-13(9)6-10(19(2,14)15)20(16,17)18/h3-5,7,10H,6H2,1-2H3,(H,14,15)(H2,16,17,18). The van der Waals surface area contributed by atoms with E-state index in [2.05, 4.69) is 4.98 Å². The number of rotatable bonds is 4. The Balaban J connectivity index is 2.48. The SMILES string of the molecule is Cc1cccc2c1ncn2CC(P(C)(=O)O)P(=O)(O)O. The van der Waals surface area contributed by atoms with Crippen LogP contribution in [-0.4, -0.2) is 36.3 Å². The minimum absolute atomic E-state index is 0.255. The van der Waals surface area contributed by atoms with Gasteiger partial charge in [0.2, 0.25) is 7.37 Å². The molecule has 0 aliphatic rings. The summed E-state index contributed by atoms with van der Waals surface area (Å²) in [6.07, 6.45) is 1.43. The molecule has 0 saturated heterocycles. The van der Waals surface area contributed by atoms with Crippen LogP contribution in [-0.2, 0) is 15.7 Å². The predicted octanol–water partition coefficient (Wildman–Crippen LogP) is 1.75. The Hall–Kier alpha value is -0.970. The summed E-state index contributed by atoms with van der Waals surface area (Å²) < 4.78 is 24.7. The van der Waals surface area contributed by atoms with Crippen molar-refractivity contribution in [1.29, 1.82) is 0 Å². The van der Waals surface area contributed by atoms with Crippen LogP contribution in [0.2, 0.25) is 0 Å². The van der Waals surface area contributed by atoms with Crippen molar-refractivity contribution in [1.82, 2.24) is 9.55 Å². The molecular weight excluding hydrogens is 302 g/mol. The number of hydrogen-bond acceptors (Lipinski definition) is 3. The highest BCUT2D eigenvalue weighted by Crippen LogP contribution is 2.60. The second-order valence-corrected chi connectivity index (χ2v) is 9.57. The number of fused-ring (bicyclic) bond motifs is 1. The molecule has 1 aromatic carbocycles. The molecule has 7 nitrogen and oxygen atoms in total. The first kappa shape index (κ1) is 15.4. The Kier molecular flexibility index (Phi) is 3.93. The number of benzene rings is 1. The molecule has 20 heavy (non-hydrogen) atoms. The number of imidazole rings is 1. The zero-order valence-corrected chi connectivity index (χ0v) is 12.8. The highest BCUT2D eigenvalue weighted by atomic mass is 31.2. The number of aryl methyl sites for hydroxylation is 1. The molecule has 1 aromatic heterocycles. The van der Waals surface area contributed by atoms with Crippen LogP contribution in [0.3, 0.4) is 0 Å². The zero-order chi connectivity index (χ0) is 15.1. The maximum absolute atomic E-state index is 11.7. The van der Waals surface area contributed by atoms with Crippen LogP contribution in [0.5, 0.6) is 0 Å². The van der Waals surface area contributed by atoms with Gasteiger partial charge in [0.1, 0.15) is 0 Å². The molecule has 2 rings (SSSR count). The molecule has 0 radical (unpaired) electrons. The largest absolute Gasteiger partial charge is 0.344 e. The van der Waals surface area contributed by atoms with Crippen molar-refractivity contribution >= 4 is 26.0 Å². The highest BCUT2D eigenvalue weighted by molar-refractivity contribution is 7.73. The van der Waals surface area contributed by atoms with Gasteiger partial charge in [0.15, 0.2) is 5.40 Å². The third kappa shape index (κ3) is 3.03. The summed E-state index contributed by atoms with van der Waals surface area (Å²) in [7, 11) is -8.63. The van der Waals surface area contributed by atoms with Crippen molar-refractivity contribution in [2.45, 2.75) is 18.9 Å². The van der Waals surface area contributed by atoms with E-state index < -0.39 is 20.4 Å². The Morgan fingerprint density at radius 3 is 2.50 bits per heavy atom. The van der Waals surface area contributed by atoms with E-state index in [-0.39, 0.29) is 6.54 Å². The lowest BCUT2D eigenvalue weighted by atomic mass is 10.2. The van der Waals surface area contributed by atoms with Gasteiger partial charge in [-0.1, -0.05) is 12.1 Å². The summed E-state index contributed by atoms with van der Waals surface area (Å²) in [5.41, 5.74) is 2.32. The molecule has 3 N–H and O–H groups in total. The highest BCUT2D eigenvalue weighted by Gasteiger charge is 2.41. The van der Waals surface area contributed by atoms with E-state index in [9.17, 15) is 23.8 Å². The second-order valence-electron chi connectivity index (χ2n) is 4.85. The lowest BCUT2D eigenvalue weighted by Gasteiger charge is -2.21. The van der Waals surface area contributed by atoms with Gasteiger partial charge in [0.05, 0.1) is 17.4 Å². The van der Waals surface area contributed by atoms with Gasteiger partial charge in [0.25, 0.3) is 0 Å². The van der Waals surface area contributed by atoms with E-state index in [1.807, 2.05) is 13.0 Å². The summed E-state index contributed by atoms with van der Waals surface area (Å²) in [6, 6.07) is 5.42. The van der Waals surface area contributed by atoms with E-state index >= 15 is 0 Å². The van der Waals surface area contributed by atoms with Crippen LogP contribution in [0.15, 0.2) is 24.5 Å². The van der Waals surface area contributed by atoms with Gasteiger partial charge in [-0.25, -0.2) is 4.98 Å². The van der Waals surface area contributed by atoms with Gasteiger partial charge in [-0.05, 0) is 18.6 Å². The van der Waals surface area contributed by atoms with Crippen molar-refractivity contribution in [3.05, 3.63) is 30.1 Å². The van der Waals surface area contributed by atoms with E-state index in [1.165, 1.54) is 10.9 Å². The first-order valence-electron chi connectivity index (χ1n) is 5.86. The van der Waals surface area contributed by atoms with Crippen LogP contribution < -0.4 is 0 Å². The van der Waals surface area contributed by atoms with Crippen LogP contribution in [0, 0.1) is 6.92 Å². The van der Waals surface area contributed by atoms with E-state index in [0.29, 0.717) is 11.0 Å². The molecule has 0 saturated carbocycles. The maximum Gasteiger partial charge on any atom is 0.340 e. The molecule has 2 unspecified atom stereocenters. The van der Waals surface area contributed by atoms with Crippen molar-refractivity contribution in [2.75, 3.05) is 6.66 Å². The molecule has 0 amide bonds. The number of aromatic nitrogens is 2. The third-order valence-corrected chi connectivity index (χ3v) is 7.55. The summed E-state index contributed by atoms with van der Waals surface area (Å²) in [4.78, 5) is 32.3. The van der Waals surface area contributed by atoms with E-state index in [1.54, 1.807) is 12.1 Å². The fraction of sp³-hybridized carbons (Fsp3) is 0.364. The molecule has 0 fully saturated rings. The van der Waals surface area contributed by atoms with Crippen LogP contribution in [0.4, 0.5) is 0 Å². The molecule has 0 spiro atoms. The Morgan fingerprint density at radius 1 is 1.30 bits per heavy atom.